The molecule has 0 amide bonds. The van der Waals surface area contributed by atoms with Gasteiger partial charge in [-0.3, -0.25) is 4.98 Å². The Hall–Kier alpha value is -0.856. The van der Waals surface area contributed by atoms with Crippen molar-refractivity contribution in [2.45, 2.75) is 19.8 Å². The van der Waals surface area contributed by atoms with E-state index < -0.39 is 0 Å². The molecular formula is C15H15N2Y-. The zero-order chi connectivity index (χ0) is 12.0. The van der Waals surface area contributed by atoms with Crippen LogP contribution in [-0.2, 0) is 32.7 Å². The van der Waals surface area contributed by atoms with Gasteiger partial charge in [-0.1, -0.05) is 60.1 Å². The fourth-order valence-corrected chi connectivity index (χ4v) is 2.50. The zero-order valence-corrected chi connectivity index (χ0v) is 13.6. The Morgan fingerprint density at radius 2 is 1.94 bits per heavy atom. The molecule has 1 radical (unpaired) electrons. The summed E-state index contributed by atoms with van der Waals surface area (Å²) in [5, 5.41) is 2.43. The van der Waals surface area contributed by atoms with Crippen LogP contribution in [0.5, 0.6) is 0 Å². The first-order valence-corrected chi connectivity index (χ1v) is 5.88. The van der Waals surface area contributed by atoms with Crippen molar-refractivity contribution >= 4 is 21.8 Å². The maximum atomic E-state index is 4.21. The average Bonchev–Trinajstić information content (AvgIpc) is 2.64. The third-order valence-corrected chi connectivity index (χ3v) is 3.34. The second-order valence-electron chi connectivity index (χ2n) is 4.72. The van der Waals surface area contributed by atoms with Gasteiger partial charge in [-0.05, 0) is 11.3 Å². The van der Waals surface area contributed by atoms with Crippen LogP contribution in [0.2, 0.25) is 0 Å². The van der Waals surface area contributed by atoms with Crippen LogP contribution >= 0.6 is 0 Å². The van der Waals surface area contributed by atoms with Gasteiger partial charge in [-0.2, -0.15) is 0 Å². The molecule has 0 unspecified atom stereocenters. The minimum Gasteiger partial charge on any atom is -0.480 e. The van der Waals surface area contributed by atoms with Crippen molar-refractivity contribution < 1.29 is 32.7 Å². The van der Waals surface area contributed by atoms with E-state index in [1.807, 2.05) is 23.0 Å². The van der Waals surface area contributed by atoms with Crippen molar-refractivity contribution in [2.24, 2.45) is 0 Å². The quantitative estimate of drug-likeness (QED) is 0.622. The van der Waals surface area contributed by atoms with E-state index in [4.69, 9.17) is 0 Å². The van der Waals surface area contributed by atoms with Crippen molar-refractivity contribution in [3.63, 3.8) is 0 Å². The zero-order valence-electron chi connectivity index (χ0n) is 10.7. The van der Waals surface area contributed by atoms with Gasteiger partial charge in [0, 0.05) is 45.1 Å². The summed E-state index contributed by atoms with van der Waals surface area (Å²) in [4.78, 5) is 4.21. The Labute approximate surface area is 132 Å². The summed E-state index contributed by atoms with van der Waals surface area (Å²) in [6, 6.07) is 8.46. The summed E-state index contributed by atoms with van der Waals surface area (Å²) < 4.78 is 2.03. The van der Waals surface area contributed by atoms with Gasteiger partial charge < -0.3 is 4.57 Å². The summed E-state index contributed by atoms with van der Waals surface area (Å²) in [6.45, 7) is 4.43. The molecule has 18 heavy (non-hydrogen) atoms. The molecule has 0 atom stereocenters. The van der Waals surface area contributed by atoms with Crippen LogP contribution in [-0.4, -0.2) is 9.55 Å². The molecule has 3 aromatic rings. The molecule has 0 aliphatic heterocycles. The van der Waals surface area contributed by atoms with Crippen LogP contribution in [0.4, 0.5) is 0 Å². The van der Waals surface area contributed by atoms with Crippen molar-refractivity contribution in [3.8, 4) is 0 Å². The fourth-order valence-electron chi connectivity index (χ4n) is 2.50. The van der Waals surface area contributed by atoms with Gasteiger partial charge in [0.05, 0.1) is 0 Å². The Kier molecular flexibility index (Phi) is 3.79. The molecule has 0 saturated carbocycles. The van der Waals surface area contributed by atoms with Gasteiger partial charge in [0.1, 0.15) is 0 Å². The normalized spacial score (nSPS) is 11.1. The number of pyridine rings is 1. The molecule has 2 aromatic heterocycles. The van der Waals surface area contributed by atoms with Crippen LogP contribution in [0.1, 0.15) is 25.3 Å². The number of nitrogens with zero attached hydrogens (tertiary/aromatic N) is 2. The standard InChI is InChI=1S/C15H15N2.Y/c1-10(2)11-5-4-6-12-13-9-16-8-7-14(13)17(3)15(11)12;/h4-10H,3H2,1-2H3;/q-1;. The predicted octanol–water partition coefficient (Wildman–Crippen LogP) is 3.95. The van der Waals surface area contributed by atoms with E-state index in [1.165, 1.54) is 21.9 Å². The molecular weight excluding hydrogens is 297 g/mol. The van der Waals surface area contributed by atoms with Crippen LogP contribution in [0, 0.1) is 7.05 Å². The van der Waals surface area contributed by atoms with Gasteiger partial charge in [-0.15, -0.1) is 7.05 Å². The molecule has 0 fully saturated rings. The number of fused-ring (bicyclic) bond motifs is 3. The van der Waals surface area contributed by atoms with Crippen LogP contribution in [0.15, 0.2) is 36.7 Å². The molecule has 3 rings (SSSR count). The monoisotopic (exact) mass is 312 g/mol. The van der Waals surface area contributed by atoms with Gasteiger partial charge >= 0.3 is 0 Å². The second kappa shape index (κ2) is 5.03. The van der Waals surface area contributed by atoms with E-state index in [1.54, 1.807) is 0 Å². The fraction of sp³-hybridized carbons (Fsp3) is 0.200. The predicted molar refractivity (Wildman–Crippen MR) is 72.1 cm³/mol. The summed E-state index contributed by atoms with van der Waals surface area (Å²) in [7, 11) is 4.17. The van der Waals surface area contributed by atoms with Gasteiger partial charge in [0.15, 0.2) is 0 Å². The Bertz CT molecular complexity index is 698. The largest absolute Gasteiger partial charge is 0.480 e. The molecule has 0 spiro atoms. The molecule has 0 bridgehead atoms. The minimum atomic E-state index is 0. The summed E-state index contributed by atoms with van der Waals surface area (Å²) in [5.74, 6) is 0.497. The first-order valence-electron chi connectivity index (χ1n) is 5.88. The summed E-state index contributed by atoms with van der Waals surface area (Å²) >= 11 is 0. The van der Waals surface area contributed by atoms with Crippen molar-refractivity contribution in [3.05, 3.63) is 49.3 Å². The number of rotatable bonds is 1. The van der Waals surface area contributed by atoms with Gasteiger partial charge in [0.25, 0.3) is 0 Å². The number of para-hydroxylation sites is 1. The third-order valence-electron chi connectivity index (χ3n) is 3.34. The molecule has 2 nitrogen and oxygen atoms in total. The van der Waals surface area contributed by atoms with Gasteiger partial charge in [-0.25, -0.2) is 0 Å². The van der Waals surface area contributed by atoms with Crippen LogP contribution in [0.25, 0.3) is 21.8 Å². The first kappa shape index (κ1) is 13.6. The summed E-state index contributed by atoms with van der Waals surface area (Å²) in [5.41, 5.74) is 3.71. The maximum absolute atomic E-state index is 4.21. The van der Waals surface area contributed by atoms with E-state index in [0.717, 1.165) is 5.52 Å². The molecule has 89 valence electrons. The van der Waals surface area contributed by atoms with Crippen molar-refractivity contribution in [2.75, 3.05) is 0 Å². The van der Waals surface area contributed by atoms with Crippen LogP contribution in [0.3, 0.4) is 0 Å². The average molecular weight is 312 g/mol. The van der Waals surface area contributed by atoms with Gasteiger partial charge in [0.2, 0.25) is 0 Å². The van der Waals surface area contributed by atoms with E-state index in [9.17, 15) is 0 Å². The van der Waals surface area contributed by atoms with Crippen molar-refractivity contribution in [1.82, 2.24) is 9.55 Å². The molecule has 3 heteroatoms. The summed E-state index contributed by atoms with van der Waals surface area (Å²) in [6.07, 6.45) is 3.74. The number of benzene rings is 1. The van der Waals surface area contributed by atoms with E-state index in [-0.39, 0.29) is 32.7 Å². The number of aromatic nitrogens is 2. The molecule has 0 saturated heterocycles. The molecule has 2 heterocycles. The van der Waals surface area contributed by atoms with Crippen LogP contribution < -0.4 is 0 Å². The van der Waals surface area contributed by atoms with E-state index in [2.05, 4.69) is 44.1 Å². The first-order chi connectivity index (χ1) is 8.20. The van der Waals surface area contributed by atoms with E-state index >= 15 is 0 Å². The topological polar surface area (TPSA) is 17.8 Å². The maximum Gasteiger partial charge on any atom is 0.0234 e. The SMILES string of the molecule is [CH2-]n1c2ccncc2c2cccc(C(C)C)c21.[Y]. The third kappa shape index (κ3) is 1.88. The number of hydrogen-bond donors (Lipinski definition) is 0. The number of hydrogen-bond acceptors (Lipinski definition) is 1. The molecule has 0 N–H and O–H groups in total. The smallest absolute Gasteiger partial charge is 0.0234 e. The molecule has 0 aliphatic rings. The minimum absolute atomic E-state index is 0. The Morgan fingerprint density at radius 1 is 1.17 bits per heavy atom. The second-order valence-corrected chi connectivity index (χ2v) is 4.72. The Balaban J connectivity index is 0.00000120. The Morgan fingerprint density at radius 3 is 2.67 bits per heavy atom. The van der Waals surface area contributed by atoms with E-state index in [0.29, 0.717) is 5.92 Å². The molecule has 0 aliphatic carbocycles. The van der Waals surface area contributed by atoms with Crippen molar-refractivity contribution in [1.29, 1.82) is 0 Å². The molecule has 1 aromatic carbocycles.